The first kappa shape index (κ1) is 14.8. The van der Waals surface area contributed by atoms with Gasteiger partial charge in [0, 0.05) is 31.1 Å². The fraction of sp³-hybridized carbons (Fsp3) is 0.786. The van der Waals surface area contributed by atoms with Gasteiger partial charge in [-0.2, -0.15) is 0 Å². The molecule has 4 nitrogen and oxygen atoms in total. The second-order valence-corrected chi connectivity index (χ2v) is 6.33. The van der Waals surface area contributed by atoms with Gasteiger partial charge in [-0.25, -0.2) is 4.98 Å². The highest BCUT2D eigenvalue weighted by atomic mass is 32.1. The topological polar surface area (TPSA) is 31.4 Å². The Kier molecular flexibility index (Phi) is 5.19. The van der Waals surface area contributed by atoms with Gasteiger partial charge in [0.05, 0.1) is 5.69 Å². The van der Waals surface area contributed by atoms with Gasteiger partial charge in [-0.1, -0.05) is 6.92 Å². The number of nitrogens with one attached hydrogen (secondary N) is 1. The molecule has 1 saturated heterocycles. The Morgan fingerprint density at radius 3 is 3.05 bits per heavy atom. The molecule has 5 heteroatoms. The van der Waals surface area contributed by atoms with Crippen molar-refractivity contribution in [1.29, 1.82) is 0 Å². The number of hydrogen-bond donors (Lipinski definition) is 1. The summed E-state index contributed by atoms with van der Waals surface area (Å²) in [6, 6.07) is 1.03. The van der Waals surface area contributed by atoms with Crippen LogP contribution in [0.25, 0.3) is 0 Å². The lowest BCUT2D eigenvalue weighted by atomic mass is 10.2. The minimum atomic E-state index is 0.345. The highest BCUT2D eigenvalue weighted by Crippen LogP contribution is 2.25. The van der Waals surface area contributed by atoms with Gasteiger partial charge in [0.15, 0.2) is 5.13 Å². The zero-order valence-corrected chi connectivity index (χ0v) is 13.3. The van der Waals surface area contributed by atoms with E-state index in [-0.39, 0.29) is 0 Å². The zero-order chi connectivity index (χ0) is 13.8. The van der Waals surface area contributed by atoms with Crippen molar-refractivity contribution < 1.29 is 0 Å². The van der Waals surface area contributed by atoms with Crippen molar-refractivity contribution in [3.8, 4) is 0 Å². The number of nitrogens with zero attached hydrogens (tertiary/aromatic N) is 3. The molecule has 19 heavy (non-hydrogen) atoms. The van der Waals surface area contributed by atoms with Gasteiger partial charge < -0.3 is 15.1 Å². The number of rotatable bonds is 6. The first-order valence-corrected chi connectivity index (χ1v) is 8.10. The summed E-state index contributed by atoms with van der Waals surface area (Å²) >= 11 is 1.75. The summed E-state index contributed by atoms with van der Waals surface area (Å²) in [5, 5.41) is 6.73. The number of anilines is 1. The quantitative estimate of drug-likeness (QED) is 0.868. The standard InChI is InChI=1S/C14H26N4S/c1-5-15-11(2)13-10-19-14(16-13)18(4)9-12-7-6-8-17(12)3/h10-12,15H,5-9H2,1-4H3. The van der Waals surface area contributed by atoms with Crippen LogP contribution in [0.15, 0.2) is 5.38 Å². The van der Waals surface area contributed by atoms with Gasteiger partial charge >= 0.3 is 0 Å². The molecule has 0 aromatic carbocycles. The van der Waals surface area contributed by atoms with Crippen molar-refractivity contribution in [2.75, 3.05) is 38.6 Å². The van der Waals surface area contributed by atoms with E-state index >= 15 is 0 Å². The second kappa shape index (κ2) is 6.68. The van der Waals surface area contributed by atoms with E-state index in [4.69, 9.17) is 4.98 Å². The molecule has 0 bridgehead atoms. The van der Waals surface area contributed by atoms with Gasteiger partial charge in [-0.05, 0) is 39.9 Å². The molecule has 1 N–H and O–H groups in total. The Morgan fingerprint density at radius 2 is 2.42 bits per heavy atom. The third-order valence-corrected chi connectivity index (χ3v) is 4.92. The molecule has 0 saturated carbocycles. The Hall–Kier alpha value is -0.650. The van der Waals surface area contributed by atoms with Crippen LogP contribution < -0.4 is 10.2 Å². The molecule has 2 heterocycles. The molecule has 1 fully saturated rings. The normalized spacial score (nSPS) is 21.8. The summed E-state index contributed by atoms with van der Waals surface area (Å²) in [4.78, 5) is 9.53. The van der Waals surface area contributed by atoms with E-state index in [0.717, 1.165) is 23.9 Å². The first-order valence-electron chi connectivity index (χ1n) is 7.22. The molecule has 0 amide bonds. The molecular weight excluding hydrogens is 256 g/mol. The Labute approximate surface area is 120 Å². The maximum Gasteiger partial charge on any atom is 0.185 e. The van der Waals surface area contributed by atoms with Crippen molar-refractivity contribution in [3.05, 3.63) is 11.1 Å². The number of likely N-dealkylation sites (N-methyl/N-ethyl adjacent to an activating group) is 2. The van der Waals surface area contributed by atoms with Crippen LogP contribution in [-0.4, -0.2) is 49.7 Å². The lowest BCUT2D eigenvalue weighted by Gasteiger charge is -2.25. The predicted octanol–water partition coefficient (Wildman–Crippen LogP) is 2.34. The first-order chi connectivity index (χ1) is 9.11. The van der Waals surface area contributed by atoms with Crippen LogP contribution in [0.1, 0.15) is 38.4 Å². The van der Waals surface area contributed by atoms with Crippen LogP contribution in [0.5, 0.6) is 0 Å². The van der Waals surface area contributed by atoms with Crippen LogP contribution in [0, 0.1) is 0 Å². The fourth-order valence-electron chi connectivity index (χ4n) is 2.67. The monoisotopic (exact) mass is 282 g/mol. The molecule has 2 rings (SSSR count). The van der Waals surface area contributed by atoms with Crippen LogP contribution in [-0.2, 0) is 0 Å². The van der Waals surface area contributed by atoms with Gasteiger partial charge in [-0.15, -0.1) is 11.3 Å². The number of aromatic nitrogens is 1. The summed E-state index contributed by atoms with van der Waals surface area (Å²) in [6.07, 6.45) is 2.64. The van der Waals surface area contributed by atoms with Crippen molar-refractivity contribution in [2.24, 2.45) is 0 Å². The molecule has 2 unspecified atom stereocenters. The van der Waals surface area contributed by atoms with Crippen molar-refractivity contribution in [3.63, 3.8) is 0 Å². The summed E-state index contributed by atoms with van der Waals surface area (Å²) in [7, 11) is 4.39. The highest BCUT2D eigenvalue weighted by molar-refractivity contribution is 7.13. The average molecular weight is 282 g/mol. The molecule has 108 valence electrons. The van der Waals surface area contributed by atoms with E-state index in [1.165, 1.54) is 19.4 Å². The van der Waals surface area contributed by atoms with E-state index < -0.39 is 0 Å². The van der Waals surface area contributed by atoms with Crippen LogP contribution in [0.3, 0.4) is 0 Å². The van der Waals surface area contributed by atoms with Gasteiger partial charge in [0.2, 0.25) is 0 Å². The summed E-state index contributed by atoms with van der Waals surface area (Å²) in [6.45, 7) is 7.60. The smallest absolute Gasteiger partial charge is 0.185 e. The van der Waals surface area contributed by atoms with Gasteiger partial charge in [0.25, 0.3) is 0 Å². The second-order valence-electron chi connectivity index (χ2n) is 5.49. The van der Waals surface area contributed by atoms with E-state index in [1.807, 2.05) is 0 Å². The minimum absolute atomic E-state index is 0.345. The fourth-order valence-corrected chi connectivity index (χ4v) is 3.56. The minimum Gasteiger partial charge on any atom is -0.350 e. The SMILES string of the molecule is CCNC(C)c1csc(N(C)CC2CCCN2C)n1. The van der Waals surface area contributed by atoms with Crippen molar-refractivity contribution >= 4 is 16.5 Å². The lowest BCUT2D eigenvalue weighted by molar-refractivity contribution is 0.314. The van der Waals surface area contributed by atoms with E-state index in [9.17, 15) is 0 Å². The molecule has 0 radical (unpaired) electrons. The molecule has 1 aromatic rings. The number of thiazole rings is 1. The Morgan fingerprint density at radius 1 is 1.63 bits per heavy atom. The maximum atomic E-state index is 4.76. The largest absolute Gasteiger partial charge is 0.350 e. The third-order valence-electron chi connectivity index (χ3n) is 3.95. The predicted molar refractivity (Wildman–Crippen MR) is 83.1 cm³/mol. The summed E-state index contributed by atoms with van der Waals surface area (Å²) in [5.74, 6) is 0. The molecule has 0 spiro atoms. The Balaban J connectivity index is 1.93. The molecular formula is C14H26N4S. The lowest BCUT2D eigenvalue weighted by Crippen LogP contribution is -2.36. The van der Waals surface area contributed by atoms with Crippen molar-refractivity contribution in [1.82, 2.24) is 15.2 Å². The van der Waals surface area contributed by atoms with Crippen molar-refractivity contribution in [2.45, 2.75) is 38.8 Å². The summed E-state index contributed by atoms with van der Waals surface area (Å²) < 4.78 is 0. The van der Waals surface area contributed by atoms with Crippen LogP contribution >= 0.6 is 11.3 Å². The molecule has 1 aliphatic rings. The van der Waals surface area contributed by atoms with Gasteiger partial charge in [-0.3, -0.25) is 0 Å². The van der Waals surface area contributed by atoms with E-state index in [2.05, 4.69) is 48.4 Å². The van der Waals surface area contributed by atoms with Gasteiger partial charge in [0.1, 0.15) is 0 Å². The highest BCUT2D eigenvalue weighted by Gasteiger charge is 2.23. The Bertz CT molecular complexity index is 393. The van der Waals surface area contributed by atoms with E-state index in [1.54, 1.807) is 11.3 Å². The maximum absolute atomic E-state index is 4.76. The molecule has 1 aliphatic heterocycles. The van der Waals surface area contributed by atoms with Crippen LogP contribution in [0.2, 0.25) is 0 Å². The third kappa shape index (κ3) is 3.68. The average Bonchev–Trinajstić information content (AvgIpc) is 2.99. The van der Waals surface area contributed by atoms with Crippen LogP contribution in [0.4, 0.5) is 5.13 Å². The number of likely N-dealkylation sites (tertiary alicyclic amines) is 1. The van der Waals surface area contributed by atoms with E-state index in [0.29, 0.717) is 12.1 Å². The number of hydrogen-bond acceptors (Lipinski definition) is 5. The molecule has 1 aromatic heterocycles. The zero-order valence-electron chi connectivity index (χ0n) is 12.5. The summed E-state index contributed by atoms with van der Waals surface area (Å²) in [5.41, 5.74) is 1.16. The molecule has 0 aliphatic carbocycles. The molecule has 2 atom stereocenters.